The summed E-state index contributed by atoms with van der Waals surface area (Å²) in [7, 11) is 0. The number of cyclic esters (lactones) is 4. The molecule has 0 saturated carbocycles. The van der Waals surface area contributed by atoms with E-state index in [9.17, 15) is 19.2 Å². The molecule has 0 aromatic heterocycles. The molecule has 0 unspecified atom stereocenters. The minimum Gasteiger partial charge on any atom is -0.462 e. The highest BCUT2D eigenvalue weighted by Gasteiger charge is 2.41. The largest absolute Gasteiger partial charge is 0.462 e. The van der Waals surface area contributed by atoms with Gasteiger partial charge in [0.2, 0.25) is 0 Å². The van der Waals surface area contributed by atoms with Crippen LogP contribution in [-0.4, -0.2) is 97.1 Å². The van der Waals surface area contributed by atoms with Crippen molar-refractivity contribution in [3.63, 3.8) is 0 Å². The first-order valence-corrected chi connectivity index (χ1v) is 20.1. The van der Waals surface area contributed by atoms with Crippen LogP contribution in [0.15, 0.2) is 0 Å². The topological polar surface area (TPSA) is 142 Å². The van der Waals surface area contributed by atoms with E-state index in [1.54, 1.807) is 0 Å². The summed E-state index contributed by atoms with van der Waals surface area (Å²) in [5.74, 6) is -2.93. The van der Waals surface area contributed by atoms with Crippen molar-refractivity contribution in [3.8, 4) is 0 Å². The Hall–Kier alpha value is -2.28. The van der Waals surface area contributed by atoms with E-state index in [4.69, 9.17) is 37.9 Å². The number of ether oxygens (including phenoxy) is 8. The van der Waals surface area contributed by atoms with Gasteiger partial charge >= 0.3 is 23.9 Å². The van der Waals surface area contributed by atoms with Crippen LogP contribution >= 0.6 is 0 Å². The van der Waals surface area contributed by atoms with Gasteiger partial charge in [-0.3, -0.25) is 19.2 Å². The molecule has 12 heteroatoms. The molecule has 5 saturated heterocycles. The van der Waals surface area contributed by atoms with E-state index in [0.29, 0.717) is 25.7 Å². The Morgan fingerprint density at radius 2 is 0.519 bits per heavy atom. The van der Waals surface area contributed by atoms with E-state index in [0.717, 1.165) is 51.4 Å². The quantitative estimate of drug-likeness (QED) is 0.212. The maximum Gasteiger partial charge on any atom is 0.311 e. The standard InChI is InChI=1S/C40H64O12/c1-21-17-29-9-13-34(49-29)26(6)38(42)46-23(3)19-31-11-15-36(51-31)28(8)40(44)48-24(4)20-32-12-16-35(52-32)27(7)39(43)47-22(2)18-30-10-14-33(50-30)25(5)37(41)45-21/h21-36H,9-20H2,1-8H3/t21-,22-,23-,24+,25-,26+,27-,28-,29+,30+,31-,32+,33-,34+,35-,36+/m1/s1. The summed E-state index contributed by atoms with van der Waals surface area (Å²) < 4.78 is 48.4. The molecule has 5 rings (SSSR count). The van der Waals surface area contributed by atoms with Crippen molar-refractivity contribution in [1.29, 1.82) is 0 Å². The molecule has 5 fully saturated rings. The lowest BCUT2D eigenvalue weighted by atomic mass is 10.00. The molecular weight excluding hydrogens is 672 g/mol. The molecule has 5 aliphatic heterocycles. The first kappa shape index (κ1) is 40.9. The molecule has 5 aliphatic rings. The SMILES string of the molecule is C[C@@H]1C[C@H]2CC[C@H](O2)[C@@H](C)C(=O)O[C@@H](C)C[C@@H]2CC[C@@H](O2)[C@@H](C)C(=O)O[C@H](C)C[C@@H]2CC[C@@H](O2)[C@@H](C)C(=O)O[C@H](C)C[C@@H]2CC[C@H](O2)[C@H](C)C(=O)O1. The van der Waals surface area contributed by atoms with E-state index < -0.39 is 23.7 Å². The van der Waals surface area contributed by atoms with Crippen molar-refractivity contribution < 1.29 is 57.1 Å². The van der Waals surface area contributed by atoms with Crippen molar-refractivity contribution in [3.05, 3.63) is 0 Å². The van der Waals surface area contributed by atoms with E-state index in [-0.39, 0.29) is 97.1 Å². The third-order valence-corrected chi connectivity index (χ3v) is 11.9. The highest BCUT2D eigenvalue weighted by molar-refractivity contribution is 5.74. The Morgan fingerprint density at radius 1 is 0.327 bits per heavy atom. The van der Waals surface area contributed by atoms with Crippen molar-refractivity contribution in [2.75, 3.05) is 0 Å². The van der Waals surface area contributed by atoms with Gasteiger partial charge in [0.25, 0.3) is 0 Å². The molecule has 0 aromatic rings. The maximum atomic E-state index is 13.1. The summed E-state index contributed by atoms with van der Waals surface area (Å²) in [6.45, 7) is 14.9. The molecule has 0 spiro atoms. The zero-order chi connectivity index (χ0) is 37.7. The fourth-order valence-corrected chi connectivity index (χ4v) is 8.60. The first-order valence-electron chi connectivity index (χ1n) is 20.1. The van der Waals surface area contributed by atoms with Crippen molar-refractivity contribution >= 4 is 23.9 Å². The lowest BCUT2D eigenvalue weighted by molar-refractivity contribution is -0.161. The highest BCUT2D eigenvalue weighted by Crippen LogP contribution is 2.34. The molecule has 12 nitrogen and oxygen atoms in total. The van der Waals surface area contributed by atoms with Crippen LogP contribution in [0, 0.1) is 23.7 Å². The van der Waals surface area contributed by atoms with Gasteiger partial charge in [-0.05, 0) is 107 Å². The van der Waals surface area contributed by atoms with Crippen molar-refractivity contribution in [1.82, 2.24) is 0 Å². The van der Waals surface area contributed by atoms with Crippen LogP contribution in [0.1, 0.15) is 132 Å². The molecule has 5 heterocycles. The van der Waals surface area contributed by atoms with E-state index in [1.807, 2.05) is 55.4 Å². The van der Waals surface area contributed by atoms with Crippen LogP contribution in [0.25, 0.3) is 0 Å². The average molecular weight is 737 g/mol. The fraction of sp³-hybridized carbons (Fsp3) is 0.900. The van der Waals surface area contributed by atoms with Gasteiger partial charge in [-0.25, -0.2) is 0 Å². The second kappa shape index (κ2) is 18.4. The van der Waals surface area contributed by atoms with Gasteiger partial charge in [0, 0.05) is 25.7 Å². The monoisotopic (exact) mass is 736 g/mol. The lowest BCUT2D eigenvalue weighted by Crippen LogP contribution is -2.34. The number of carbonyl (C=O) groups is 4. The summed E-state index contributed by atoms with van der Waals surface area (Å²) in [6.07, 6.45) is 5.22. The fourth-order valence-electron chi connectivity index (χ4n) is 8.60. The van der Waals surface area contributed by atoms with Gasteiger partial charge in [0.05, 0.1) is 72.5 Å². The van der Waals surface area contributed by atoms with Crippen LogP contribution in [-0.2, 0) is 57.1 Å². The third kappa shape index (κ3) is 10.9. The van der Waals surface area contributed by atoms with Gasteiger partial charge in [-0.1, -0.05) is 0 Å². The summed E-state index contributed by atoms with van der Waals surface area (Å²) in [4.78, 5) is 52.4. The maximum absolute atomic E-state index is 13.1. The Kier molecular flexibility index (Phi) is 14.4. The molecular formula is C40H64O12. The molecule has 296 valence electrons. The second-order valence-electron chi connectivity index (χ2n) is 16.6. The van der Waals surface area contributed by atoms with Crippen molar-refractivity contribution in [2.45, 2.75) is 206 Å². The molecule has 0 amide bonds. The number of esters is 4. The highest BCUT2D eigenvalue weighted by atomic mass is 16.6. The van der Waals surface area contributed by atoms with Crippen LogP contribution in [0.3, 0.4) is 0 Å². The predicted octanol–water partition coefficient (Wildman–Crippen LogP) is 6.02. The molecule has 0 aromatic carbocycles. The van der Waals surface area contributed by atoms with Crippen LogP contribution in [0.5, 0.6) is 0 Å². The summed E-state index contributed by atoms with van der Waals surface area (Å²) in [5, 5.41) is 0. The van der Waals surface area contributed by atoms with Gasteiger partial charge in [0.15, 0.2) is 0 Å². The number of hydrogen-bond donors (Lipinski definition) is 0. The van der Waals surface area contributed by atoms with E-state index in [1.165, 1.54) is 0 Å². The second-order valence-corrected chi connectivity index (χ2v) is 16.6. The van der Waals surface area contributed by atoms with Gasteiger partial charge in [0.1, 0.15) is 24.4 Å². The minimum atomic E-state index is -0.434. The van der Waals surface area contributed by atoms with Gasteiger partial charge < -0.3 is 37.9 Å². The minimum absolute atomic E-state index is 0.119. The molecule has 0 radical (unpaired) electrons. The number of carbonyl (C=O) groups excluding carboxylic acids is 4. The molecule has 16 atom stereocenters. The Balaban J connectivity index is 1.19. The molecule has 0 N–H and O–H groups in total. The molecule has 0 aliphatic carbocycles. The predicted molar refractivity (Wildman–Crippen MR) is 189 cm³/mol. The lowest BCUT2D eigenvalue weighted by Gasteiger charge is -2.26. The van der Waals surface area contributed by atoms with Gasteiger partial charge in [-0.15, -0.1) is 0 Å². The molecule has 52 heavy (non-hydrogen) atoms. The Morgan fingerprint density at radius 3 is 0.712 bits per heavy atom. The number of rotatable bonds is 0. The zero-order valence-electron chi connectivity index (χ0n) is 32.6. The van der Waals surface area contributed by atoms with E-state index in [2.05, 4.69) is 0 Å². The van der Waals surface area contributed by atoms with Crippen molar-refractivity contribution in [2.24, 2.45) is 23.7 Å². The average Bonchev–Trinajstić information content (AvgIpc) is 3.91. The van der Waals surface area contributed by atoms with E-state index >= 15 is 0 Å². The third-order valence-electron chi connectivity index (χ3n) is 11.9. The number of hydrogen-bond acceptors (Lipinski definition) is 12. The first-order chi connectivity index (χ1) is 24.7. The molecule has 8 bridgehead atoms. The van der Waals surface area contributed by atoms with Crippen LogP contribution < -0.4 is 0 Å². The Bertz CT molecular complexity index is 1040. The number of fused-ring (bicyclic) bond motifs is 8. The summed E-state index contributed by atoms with van der Waals surface area (Å²) in [6, 6.07) is 0. The van der Waals surface area contributed by atoms with Crippen LogP contribution in [0.4, 0.5) is 0 Å². The zero-order valence-corrected chi connectivity index (χ0v) is 32.6. The summed E-state index contributed by atoms with van der Waals surface area (Å²) in [5.41, 5.74) is 0. The Labute approximate surface area is 309 Å². The van der Waals surface area contributed by atoms with Gasteiger partial charge in [-0.2, -0.15) is 0 Å². The summed E-state index contributed by atoms with van der Waals surface area (Å²) >= 11 is 0. The smallest absolute Gasteiger partial charge is 0.311 e. The van der Waals surface area contributed by atoms with Crippen LogP contribution in [0.2, 0.25) is 0 Å². The normalized spacial score (nSPS) is 45.2.